The molecule has 0 spiro atoms. The van der Waals surface area contributed by atoms with Crippen molar-refractivity contribution in [2.45, 2.75) is 18.9 Å². The molecule has 0 bridgehead atoms. The van der Waals surface area contributed by atoms with Crippen molar-refractivity contribution in [2.24, 2.45) is 17.2 Å². The molecule has 0 unspecified atom stereocenters. The summed E-state index contributed by atoms with van der Waals surface area (Å²) >= 11 is 0. The quantitative estimate of drug-likeness (QED) is 0.396. The molecule has 1 atom stereocenters. The Balaban J connectivity index is 3.94. The van der Waals surface area contributed by atoms with Gasteiger partial charge in [-0.05, 0) is 19.4 Å². The van der Waals surface area contributed by atoms with Crippen LogP contribution in [0, 0.1) is 0 Å². The molecule has 0 aromatic heterocycles. The van der Waals surface area contributed by atoms with Crippen LogP contribution in [0.3, 0.4) is 0 Å². The SMILES string of the molecule is [2H]NC(=O)N[C@@H](CCCN)C(N)=O. The van der Waals surface area contributed by atoms with Crippen LogP contribution in [0.1, 0.15) is 12.8 Å². The standard InChI is InChI=1S/C6H14N4O2/c7-3-1-2-4(5(8)11)10-6(9)12/h4H,1-3,7H2,(H2,8,11)(H3,9,10,12)/t4-/m0/s1/i/hD. The summed E-state index contributed by atoms with van der Waals surface area (Å²) in [5, 5.41) is 2.23. The van der Waals surface area contributed by atoms with Crippen LogP contribution in [-0.4, -0.2) is 24.5 Å². The van der Waals surface area contributed by atoms with E-state index in [0.29, 0.717) is 19.4 Å². The minimum absolute atomic E-state index is 0.388. The molecule has 0 heterocycles. The Morgan fingerprint density at radius 3 is 2.67 bits per heavy atom. The van der Waals surface area contributed by atoms with Crippen molar-refractivity contribution in [3.05, 3.63) is 0 Å². The minimum atomic E-state index is -0.756. The van der Waals surface area contributed by atoms with Gasteiger partial charge in [-0.1, -0.05) is 0 Å². The Morgan fingerprint density at radius 2 is 2.25 bits per heavy atom. The van der Waals surface area contributed by atoms with Gasteiger partial charge in [-0.15, -0.1) is 0 Å². The van der Waals surface area contributed by atoms with Crippen molar-refractivity contribution < 1.29 is 11.0 Å². The molecule has 0 aliphatic carbocycles. The van der Waals surface area contributed by atoms with Gasteiger partial charge in [-0.25, -0.2) is 4.79 Å². The van der Waals surface area contributed by atoms with Gasteiger partial charge in [-0.2, -0.15) is 0 Å². The molecule has 0 aliphatic rings. The topological polar surface area (TPSA) is 124 Å². The normalized spacial score (nSPS) is 12.9. The number of carbonyl (C=O) groups excluding carboxylic acids is 2. The zero-order chi connectivity index (χ0) is 10.3. The first-order valence-electron chi connectivity index (χ1n) is 4.09. The molecule has 0 aromatic carbocycles. The van der Waals surface area contributed by atoms with E-state index in [9.17, 15) is 9.59 Å². The van der Waals surface area contributed by atoms with E-state index in [1.165, 1.54) is 0 Å². The summed E-state index contributed by atoms with van der Waals surface area (Å²) in [6.45, 7) is 0.425. The fourth-order valence-electron chi connectivity index (χ4n) is 0.766. The van der Waals surface area contributed by atoms with Gasteiger partial charge in [0, 0.05) is 0 Å². The van der Waals surface area contributed by atoms with Gasteiger partial charge < -0.3 is 22.5 Å². The fraction of sp³-hybridized carbons (Fsp3) is 0.667. The zero-order valence-corrected chi connectivity index (χ0v) is 6.67. The summed E-state index contributed by atoms with van der Waals surface area (Å²) < 4.78 is 6.48. The maximum atomic E-state index is 10.7. The van der Waals surface area contributed by atoms with Crippen molar-refractivity contribution >= 4 is 11.9 Å². The van der Waals surface area contributed by atoms with Crippen molar-refractivity contribution in [2.75, 3.05) is 6.54 Å². The van der Waals surface area contributed by atoms with E-state index in [4.69, 9.17) is 12.9 Å². The predicted octanol–water partition coefficient (Wildman–Crippen LogP) is -1.75. The lowest BCUT2D eigenvalue weighted by Crippen LogP contribution is -2.46. The number of primary amides is 2. The van der Waals surface area contributed by atoms with E-state index in [1.807, 2.05) is 0 Å². The number of hydrogen-bond acceptors (Lipinski definition) is 3. The van der Waals surface area contributed by atoms with Crippen LogP contribution in [0.5, 0.6) is 0 Å². The first-order valence-corrected chi connectivity index (χ1v) is 3.59. The number of amides is 3. The minimum Gasteiger partial charge on any atom is -0.368 e. The highest BCUT2D eigenvalue weighted by Gasteiger charge is 2.15. The summed E-state index contributed by atoms with van der Waals surface area (Å²) in [6.07, 6.45) is 0.977. The van der Waals surface area contributed by atoms with E-state index in [1.54, 1.807) is 5.73 Å². The van der Waals surface area contributed by atoms with Crippen molar-refractivity contribution in [3.8, 4) is 0 Å². The largest absolute Gasteiger partial charge is 0.368 e. The number of hydrogen-bond donors (Lipinski definition) is 4. The van der Waals surface area contributed by atoms with Gasteiger partial charge in [0.25, 0.3) is 0 Å². The van der Waals surface area contributed by atoms with Gasteiger partial charge >= 0.3 is 6.03 Å². The van der Waals surface area contributed by atoms with E-state index >= 15 is 0 Å². The summed E-state index contributed by atoms with van der Waals surface area (Å²) in [5.41, 5.74) is 11.8. The highest BCUT2D eigenvalue weighted by atomic mass is 16.2. The summed E-state index contributed by atoms with van der Waals surface area (Å²) in [5.74, 6) is -0.628. The van der Waals surface area contributed by atoms with Crippen LogP contribution in [-0.2, 0) is 4.79 Å². The molecule has 70 valence electrons. The Labute approximate surface area is 71.9 Å². The second kappa shape index (κ2) is 5.36. The highest BCUT2D eigenvalue weighted by Crippen LogP contribution is 1.94. The van der Waals surface area contributed by atoms with Gasteiger partial charge in [0.1, 0.15) is 6.04 Å². The Hall–Kier alpha value is -1.30. The number of nitrogens with one attached hydrogen (secondary N) is 1. The fourth-order valence-corrected chi connectivity index (χ4v) is 0.766. The maximum Gasteiger partial charge on any atom is 0.312 e. The lowest BCUT2D eigenvalue weighted by atomic mass is 10.1. The van der Waals surface area contributed by atoms with Crippen LogP contribution in [0.25, 0.3) is 0 Å². The molecule has 6 heteroatoms. The first kappa shape index (κ1) is 8.79. The molecule has 6 nitrogen and oxygen atoms in total. The zero-order valence-electron chi connectivity index (χ0n) is 7.67. The molecule has 0 saturated carbocycles. The molecule has 12 heavy (non-hydrogen) atoms. The van der Waals surface area contributed by atoms with Crippen LogP contribution in [0.2, 0.25) is 1.41 Å². The van der Waals surface area contributed by atoms with Gasteiger partial charge in [0.15, 0.2) is 1.41 Å². The molecular formula is C6H14N4O2. The first-order chi connectivity index (χ1) is 6.11. The average molecular weight is 175 g/mol. The second-order valence-corrected chi connectivity index (χ2v) is 2.36. The van der Waals surface area contributed by atoms with E-state index in [2.05, 4.69) is 5.32 Å². The van der Waals surface area contributed by atoms with E-state index < -0.39 is 18.0 Å². The Morgan fingerprint density at radius 1 is 1.58 bits per heavy atom. The summed E-state index contributed by atoms with van der Waals surface area (Å²) in [7, 11) is 0. The molecule has 7 N–H and O–H groups in total. The van der Waals surface area contributed by atoms with Crippen LogP contribution >= 0.6 is 0 Å². The summed E-state index contributed by atoms with van der Waals surface area (Å²) in [6, 6.07) is -1.50. The molecule has 0 rings (SSSR count). The third kappa shape index (κ3) is 4.51. The molecule has 0 radical (unpaired) electrons. The molecular weight excluding hydrogens is 160 g/mol. The van der Waals surface area contributed by atoms with Crippen LogP contribution in [0.15, 0.2) is 0 Å². The van der Waals surface area contributed by atoms with Gasteiger partial charge in [0.05, 0.1) is 0 Å². The molecule has 0 aliphatic heterocycles. The molecule has 0 aromatic rings. The monoisotopic (exact) mass is 175 g/mol. The number of carbonyl (C=O) groups is 2. The summed E-state index contributed by atoms with van der Waals surface area (Å²) in [4.78, 5) is 21.4. The van der Waals surface area contributed by atoms with Crippen LogP contribution < -0.4 is 22.5 Å². The molecule has 0 saturated heterocycles. The number of urea groups is 1. The van der Waals surface area contributed by atoms with Crippen molar-refractivity contribution in [1.29, 1.82) is 0 Å². The molecule has 0 fully saturated rings. The third-order valence-corrected chi connectivity index (χ3v) is 1.35. The van der Waals surface area contributed by atoms with E-state index in [0.717, 1.165) is 0 Å². The second-order valence-electron chi connectivity index (χ2n) is 2.36. The van der Waals surface area contributed by atoms with Gasteiger partial charge in [-0.3, -0.25) is 4.79 Å². The third-order valence-electron chi connectivity index (χ3n) is 1.35. The average Bonchev–Trinajstić information content (AvgIpc) is 2.11. The lowest BCUT2D eigenvalue weighted by Gasteiger charge is -2.12. The van der Waals surface area contributed by atoms with Crippen molar-refractivity contribution in [3.63, 3.8) is 0 Å². The number of nitrogens with two attached hydrogens (primary N) is 3. The van der Waals surface area contributed by atoms with Gasteiger partial charge in [0.2, 0.25) is 5.91 Å². The van der Waals surface area contributed by atoms with Crippen LogP contribution in [0.4, 0.5) is 4.79 Å². The molecule has 3 amide bonds. The lowest BCUT2D eigenvalue weighted by molar-refractivity contribution is -0.119. The van der Waals surface area contributed by atoms with Crippen molar-refractivity contribution in [1.82, 2.24) is 5.32 Å². The highest BCUT2D eigenvalue weighted by molar-refractivity contribution is 5.85. The van der Waals surface area contributed by atoms with E-state index in [-0.39, 0.29) is 0 Å². The Kier molecular flexibility index (Phi) is 3.93. The Bertz CT molecular complexity index is 187. The number of rotatable bonds is 5. The predicted molar refractivity (Wildman–Crippen MR) is 44.0 cm³/mol. The maximum absolute atomic E-state index is 10.7. The smallest absolute Gasteiger partial charge is 0.312 e.